The zero-order valence-corrected chi connectivity index (χ0v) is 10.4. The lowest BCUT2D eigenvalue weighted by Gasteiger charge is -1.95. The molecule has 2 aromatic heterocycles. The van der Waals surface area contributed by atoms with Crippen LogP contribution < -0.4 is 0 Å². The fourth-order valence-electron chi connectivity index (χ4n) is 2.11. The number of nitrogens with one attached hydrogen (secondary N) is 1. The summed E-state index contributed by atoms with van der Waals surface area (Å²) in [6.45, 7) is 2.16. The van der Waals surface area contributed by atoms with Gasteiger partial charge in [-0.15, -0.1) is 0 Å². The average molecular weight is 237 g/mol. The Morgan fingerprint density at radius 2 is 2.11 bits per heavy atom. The van der Waals surface area contributed by atoms with E-state index in [0.29, 0.717) is 0 Å². The highest BCUT2D eigenvalue weighted by Crippen LogP contribution is 2.15. The summed E-state index contributed by atoms with van der Waals surface area (Å²) in [5, 5.41) is 0. The molecule has 2 heterocycles. The van der Waals surface area contributed by atoms with Crippen LogP contribution in [0, 0.1) is 0 Å². The molecular weight excluding hydrogens is 222 g/mol. The van der Waals surface area contributed by atoms with Crippen molar-refractivity contribution in [3.63, 3.8) is 0 Å². The van der Waals surface area contributed by atoms with Crippen molar-refractivity contribution in [2.24, 2.45) is 0 Å². The predicted molar refractivity (Wildman–Crippen MR) is 72.5 cm³/mol. The van der Waals surface area contributed by atoms with E-state index in [0.717, 1.165) is 29.7 Å². The first-order valence-corrected chi connectivity index (χ1v) is 6.21. The van der Waals surface area contributed by atoms with Crippen molar-refractivity contribution in [2.45, 2.75) is 19.8 Å². The molecule has 0 amide bonds. The lowest BCUT2D eigenvalue weighted by molar-refractivity contribution is 1.02. The van der Waals surface area contributed by atoms with Crippen LogP contribution in [0.25, 0.3) is 11.0 Å². The van der Waals surface area contributed by atoms with Crippen molar-refractivity contribution >= 4 is 11.0 Å². The Morgan fingerprint density at radius 3 is 2.89 bits per heavy atom. The van der Waals surface area contributed by atoms with Crippen LogP contribution in [0.15, 0.2) is 42.7 Å². The van der Waals surface area contributed by atoms with Crippen molar-refractivity contribution in [3.8, 4) is 0 Å². The number of pyridine rings is 1. The fourth-order valence-corrected chi connectivity index (χ4v) is 2.11. The van der Waals surface area contributed by atoms with Crippen molar-refractivity contribution < 1.29 is 0 Å². The Bertz CT molecular complexity index is 656. The third kappa shape index (κ3) is 2.12. The van der Waals surface area contributed by atoms with E-state index >= 15 is 0 Å². The van der Waals surface area contributed by atoms with Gasteiger partial charge < -0.3 is 4.98 Å². The number of H-pyrrole nitrogens is 1. The molecule has 0 bridgehead atoms. The van der Waals surface area contributed by atoms with E-state index in [9.17, 15) is 0 Å². The molecule has 0 atom stereocenters. The lowest BCUT2D eigenvalue weighted by Crippen LogP contribution is -1.90. The fraction of sp³-hybridized carbons (Fsp3) is 0.200. The topological polar surface area (TPSA) is 41.6 Å². The van der Waals surface area contributed by atoms with Gasteiger partial charge in [0.2, 0.25) is 0 Å². The second-order valence-electron chi connectivity index (χ2n) is 4.43. The third-order valence-corrected chi connectivity index (χ3v) is 3.10. The Labute approximate surface area is 106 Å². The summed E-state index contributed by atoms with van der Waals surface area (Å²) in [6.07, 6.45) is 5.51. The van der Waals surface area contributed by atoms with Gasteiger partial charge >= 0.3 is 0 Å². The second kappa shape index (κ2) is 4.61. The molecule has 3 aromatic rings. The molecule has 0 saturated heterocycles. The number of hydrogen-bond donors (Lipinski definition) is 1. The zero-order valence-electron chi connectivity index (χ0n) is 10.4. The second-order valence-corrected chi connectivity index (χ2v) is 4.43. The van der Waals surface area contributed by atoms with Crippen LogP contribution in [-0.2, 0) is 12.8 Å². The first-order valence-electron chi connectivity index (χ1n) is 6.21. The molecule has 0 unspecified atom stereocenters. The average Bonchev–Trinajstić information content (AvgIpc) is 2.80. The van der Waals surface area contributed by atoms with Gasteiger partial charge in [-0.05, 0) is 35.7 Å². The van der Waals surface area contributed by atoms with E-state index in [4.69, 9.17) is 0 Å². The summed E-state index contributed by atoms with van der Waals surface area (Å²) in [7, 11) is 0. The molecule has 90 valence electrons. The zero-order chi connectivity index (χ0) is 12.4. The number of aryl methyl sites for hydroxylation is 1. The van der Waals surface area contributed by atoms with E-state index < -0.39 is 0 Å². The molecule has 3 rings (SSSR count). The maximum atomic E-state index is 4.60. The Morgan fingerprint density at radius 1 is 1.17 bits per heavy atom. The number of aromatic nitrogens is 3. The molecule has 0 spiro atoms. The highest BCUT2D eigenvalue weighted by Gasteiger charge is 2.04. The predicted octanol–water partition coefficient (Wildman–Crippen LogP) is 3.11. The highest BCUT2D eigenvalue weighted by atomic mass is 14.9. The molecule has 3 nitrogen and oxygen atoms in total. The number of hydrogen-bond acceptors (Lipinski definition) is 2. The smallest absolute Gasteiger partial charge is 0.111 e. The number of fused-ring (bicyclic) bond motifs is 1. The molecule has 0 aliphatic rings. The van der Waals surface area contributed by atoms with Gasteiger partial charge in [-0.1, -0.05) is 19.1 Å². The molecule has 0 saturated carbocycles. The van der Waals surface area contributed by atoms with Crippen LogP contribution in [0.4, 0.5) is 0 Å². The van der Waals surface area contributed by atoms with Crippen LogP contribution in [-0.4, -0.2) is 15.0 Å². The van der Waals surface area contributed by atoms with Crippen LogP contribution >= 0.6 is 0 Å². The Hall–Kier alpha value is -2.16. The summed E-state index contributed by atoms with van der Waals surface area (Å²) >= 11 is 0. The molecule has 0 aliphatic carbocycles. The van der Waals surface area contributed by atoms with Crippen LogP contribution in [0.3, 0.4) is 0 Å². The van der Waals surface area contributed by atoms with E-state index in [1.807, 2.05) is 12.3 Å². The number of benzene rings is 1. The van der Waals surface area contributed by atoms with Crippen LogP contribution in [0.2, 0.25) is 0 Å². The van der Waals surface area contributed by atoms with Gasteiger partial charge in [-0.3, -0.25) is 4.98 Å². The molecule has 1 N–H and O–H groups in total. The SMILES string of the molecule is CCc1ccc2nc(Cc3cccnc3)[nH]c2c1. The molecule has 0 fully saturated rings. The van der Waals surface area contributed by atoms with E-state index in [1.165, 1.54) is 11.1 Å². The molecule has 0 aliphatic heterocycles. The summed E-state index contributed by atoms with van der Waals surface area (Å²) in [6, 6.07) is 10.4. The van der Waals surface area contributed by atoms with Crippen molar-refractivity contribution in [1.82, 2.24) is 15.0 Å². The van der Waals surface area contributed by atoms with Gasteiger partial charge in [0.1, 0.15) is 5.82 Å². The van der Waals surface area contributed by atoms with Gasteiger partial charge in [0.15, 0.2) is 0 Å². The molecule has 3 heteroatoms. The molecule has 1 aromatic carbocycles. The third-order valence-electron chi connectivity index (χ3n) is 3.10. The van der Waals surface area contributed by atoms with Gasteiger partial charge in [-0.2, -0.15) is 0 Å². The lowest BCUT2D eigenvalue weighted by atomic mass is 10.1. The van der Waals surface area contributed by atoms with Crippen molar-refractivity contribution in [1.29, 1.82) is 0 Å². The first-order chi connectivity index (χ1) is 8.85. The molecule has 18 heavy (non-hydrogen) atoms. The van der Waals surface area contributed by atoms with Gasteiger partial charge in [-0.25, -0.2) is 4.98 Å². The van der Waals surface area contributed by atoms with Crippen LogP contribution in [0.5, 0.6) is 0 Å². The number of nitrogens with zero attached hydrogens (tertiary/aromatic N) is 2. The van der Waals surface area contributed by atoms with Gasteiger partial charge in [0.25, 0.3) is 0 Å². The Kier molecular flexibility index (Phi) is 2.81. The minimum atomic E-state index is 0.796. The van der Waals surface area contributed by atoms with E-state index in [2.05, 4.69) is 46.1 Å². The monoisotopic (exact) mass is 237 g/mol. The number of imidazole rings is 1. The van der Waals surface area contributed by atoms with E-state index in [1.54, 1.807) is 6.20 Å². The van der Waals surface area contributed by atoms with Crippen LogP contribution in [0.1, 0.15) is 23.9 Å². The van der Waals surface area contributed by atoms with Crippen molar-refractivity contribution in [2.75, 3.05) is 0 Å². The van der Waals surface area contributed by atoms with Gasteiger partial charge in [0.05, 0.1) is 11.0 Å². The number of rotatable bonds is 3. The minimum Gasteiger partial charge on any atom is -0.342 e. The summed E-state index contributed by atoms with van der Waals surface area (Å²) in [4.78, 5) is 12.1. The quantitative estimate of drug-likeness (QED) is 0.760. The summed E-state index contributed by atoms with van der Waals surface area (Å²) < 4.78 is 0. The molecule has 0 radical (unpaired) electrons. The normalized spacial score (nSPS) is 10.9. The standard InChI is InChI=1S/C15H15N3/c1-2-11-5-6-13-14(8-11)18-15(17-13)9-12-4-3-7-16-10-12/h3-8,10H,2,9H2,1H3,(H,17,18). The van der Waals surface area contributed by atoms with Crippen molar-refractivity contribution in [3.05, 3.63) is 59.7 Å². The largest absolute Gasteiger partial charge is 0.342 e. The summed E-state index contributed by atoms with van der Waals surface area (Å²) in [5.41, 5.74) is 4.66. The number of aromatic amines is 1. The summed E-state index contributed by atoms with van der Waals surface area (Å²) in [5.74, 6) is 0.992. The van der Waals surface area contributed by atoms with Gasteiger partial charge in [0, 0.05) is 18.8 Å². The molecular formula is C15H15N3. The first kappa shape index (κ1) is 11.0. The van der Waals surface area contributed by atoms with E-state index in [-0.39, 0.29) is 0 Å². The minimum absolute atomic E-state index is 0.796. The Balaban J connectivity index is 1.94. The maximum absolute atomic E-state index is 4.60. The highest BCUT2D eigenvalue weighted by molar-refractivity contribution is 5.75. The maximum Gasteiger partial charge on any atom is 0.111 e.